The summed E-state index contributed by atoms with van der Waals surface area (Å²) in [5.74, 6) is 2.62. The van der Waals surface area contributed by atoms with Crippen molar-refractivity contribution in [3.63, 3.8) is 0 Å². The van der Waals surface area contributed by atoms with Gasteiger partial charge in [0.1, 0.15) is 0 Å². The molecule has 0 atom stereocenters. The predicted octanol–water partition coefficient (Wildman–Crippen LogP) is 6.17. The quantitative estimate of drug-likeness (QED) is 0.213. The molecule has 0 aliphatic carbocycles. The molecule has 0 aromatic heterocycles. The summed E-state index contributed by atoms with van der Waals surface area (Å²) in [6.07, 6.45) is 3.27. The minimum atomic E-state index is -1.82. The lowest BCUT2D eigenvalue weighted by Gasteiger charge is -2.29. The molecule has 32 heavy (non-hydrogen) atoms. The fraction of sp³-hybridized carbons (Fsp3) is 0.167. The average Bonchev–Trinajstić information content (AvgIpc) is 2.88. The van der Waals surface area contributed by atoms with Crippen LogP contribution < -0.4 is 15.9 Å². The van der Waals surface area contributed by atoms with Crippen LogP contribution in [0, 0.1) is 0 Å². The first-order valence-electron chi connectivity index (χ1n) is 11.4. The largest absolute Gasteiger partial charge is 0.377 e. The van der Waals surface area contributed by atoms with Crippen LogP contribution in [0.25, 0.3) is 0 Å². The maximum Gasteiger partial charge on any atom is 0.0716 e. The van der Waals surface area contributed by atoms with E-state index in [9.17, 15) is 0 Å². The van der Waals surface area contributed by atoms with Gasteiger partial charge in [-0.1, -0.05) is 127 Å². The van der Waals surface area contributed by atoms with E-state index in [0.29, 0.717) is 6.61 Å². The first-order chi connectivity index (χ1) is 15.9. The van der Waals surface area contributed by atoms with Gasteiger partial charge in [0.05, 0.1) is 6.61 Å². The van der Waals surface area contributed by atoms with Crippen LogP contribution in [-0.2, 0) is 11.3 Å². The van der Waals surface area contributed by atoms with Crippen molar-refractivity contribution in [2.45, 2.75) is 25.9 Å². The Balaban J connectivity index is 1.55. The zero-order valence-electron chi connectivity index (χ0n) is 18.5. The van der Waals surface area contributed by atoms with Gasteiger partial charge in [0.15, 0.2) is 0 Å². The Morgan fingerprint density at radius 1 is 0.531 bits per heavy atom. The Kier molecular flexibility index (Phi) is 8.15. The fourth-order valence-corrected chi connectivity index (χ4v) is 8.17. The average molecular weight is 439 g/mol. The second-order valence-corrected chi connectivity index (χ2v) is 11.3. The third-order valence-corrected chi connectivity index (χ3v) is 9.89. The van der Waals surface area contributed by atoms with Crippen molar-refractivity contribution < 1.29 is 4.74 Å². The summed E-state index contributed by atoms with van der Waals surface area (Å²) in [7, 11) is 0. The summed E-state index contributed by atoms with van der Waals surface area (Å²) in [6, 6.07) is 43.5. The number of hydrogen-bond donors (Lipinski definition) is 0. The monoisotopic (exact) mass is 438 g/mol. The lowest BCUT2D eigenvalue weighted by molar-refractivity contribution is 0.117. The van der Waals surface area contributed by atoms with Gasteiger partial charge in [-0.2, -0.15) is 0 Å². The summed E-state index contributed by atoms with van der Waals surface area (Å²) in [5.41, 5.74) is 1.24. The fourth-order valence-electron chi connectivity index (χ4n) is 4.15. The Hall–Kier alpha value is -2.86. The van der Waals surface area contributed by atoms with Crippen molar-refractivity contribution in [2.75, 3.05) is 6.61 Å². The molecule has 0 N–H and O–H groups in total. The SMILES string of the molecule is C(CCCCOCc1ccccc1)=P(c1ccccc1)(c1ccccc1)c1ccccc1. The number of rotatable bonds is 10. The standard InChI is InChI=1S/C30H31OP/c1-6-16-27(17-7-1)26-31-24-14-5-15-25-32(28-18-8-2-9-19-28,29-20-10-3-11-21-29)30-22-12-4-13-23-30/h1-4,6-13,16-23,25H,5,14-15,24,26H2. The van der Waals surface area contributed by atoms with Gasteiger partial charge in [0.2, 0.25) is 0 Å². The van der Waals surface area contributed by atoms with Gasteiger partial charge in [-0.05, 0) is 47.6 Å². The highest BCUT2D eigenvalue weighted by atomic mass is 31.2. The maximum absolute atomic E-state index is 5.90. The van der Waals surface area contributed by atoms with E-state index in [-0.39, 0.29) is 0 Å². The molecule has 0 fully saturated rings. The van der Waals surface area contributed by atoms with Crippen LogP contribution in [0.5, 0.6) is 0 Å². The molecule has 0 unspecified atom stereocenters. The molecule has 2 heteroatoms. The van der Waals surface area contributed by atoms with E-state index >= 15 is 0 Å². The summed E-state index contributed by atoms with van der Waals surface area (Å²) in [4.78, 5) is 0. The van der Waals surface area contributed by atoms with Gasteiger partial charge in [-0.25, -0.2) is 0 Å². The Bertz CT molecular complexity index is 1000. The maximum atomic E-state index is 5.90. The molecular weight excluding hydrogens is 407 g/mol. The smallest absolute Gasteiger partial charge is 0.0716 e. The van der Waals surface area contributed by atoms with Gasteiger partial charge < -0.3 is 4.74 Å². The molecule has 0 aliphatic heterocycles. The molecule has 0 amide bonds. The Labute approximate surface area is 192 Å². The van der Waals surface area contributed by atoms with Crippen molar-refractivity contribution in [2.24, 2.45) is 0 Å². The first kappa shape index (κ1) is 22.3. The van der Waals surface area contributed by atoms with Gasteiger partial charge in [-0.3, -0.25) is 0 Å². The normalized spacial score (nSPS) is 11.2. The van der Waals surface area contributed by atoms with Gasteiger partial charge >= 0.3 is 0 Å². The number of benzene rings is 4. The molecule has 162 valence electrons. The Morgan fingerprint density at radius 3 is 1.44 bits per heavy atom. The third-order valence-electron chi connectivity index (χ3n) is 5.75. The van der Waals surface area contributed by atoms with Crippen LogP contribution in [-0.4, -0.2) is 12.4 Å². The van der Waals surface area contributed by atoms with Gasteiger partial charge in [-0.15, -0.1) is 0 Å². The van der Waals surface area contributed by atoms with Crippen LogP contribution >= 0.6 is 6.89 Å². The van der Waals surface area contributed by atoms with E-state index in [1.807, 2.05) is 6.07 Å². The minimum Gasteiger partial charge on any atom is -0.377 e. The minimum absolute atomic E-state index is 0.694. The van der Waals surface area contributed by atoms with Gasteiger partial charge in [0.25, 0.3) is 0 Å². The van der Waals surface area contributed by atoms with E-state index in [2.05, 4.69) is 121 Å². The van der Waals surface area contributed by atoms with Crippen LogP contribution in [0.3, 0.4) is 0 Å². The number of hydrogen-bond acceptors (Lipinski definition) is 1. The molecule has 0 aliphatic rings. The summed E-state index contributed by atoms with van der Waals surface area (Å²) in [6.45, 7) is -0.327. The molecule has 0 saturated carbocycles. The highest BCUT2D eigenvalue weighted by molar-refractivity contribution is 7.94. The Morgan fingerprint density at radius 2 is 0.969 bits per heavy atom. The second-order valence-electron chi connectivity index (χ2n) is 7.95. The predicted molar refractivity (Wildman–Crippen MR) is 141 cm³/mol. The van der Waals surface area contributed by atoms with E-state index in [1.165, 1.54) is 21.5 Å². The third kappa shape index (κ3) is 5.49. The number of ether oxygens (including phenoxy) is 1. The molecule has 4 aromatic rings. The van der Waals surface area contributed by atoms with E-state index in [1.54, 1.807) is 0 Å². The van der Waals surface area contributed by atoms with Crippen molar-refractivity contribution in [1.29, 1.82) is 0 Å². The molecule has 0 heterocycles. The molecule has 1 nitrogen and oxygen atoms in total. The van der Waals surface area contributed by atoms with Crippen molar-refractivity contribution in [3.05, 3.63) is 127 Å². The molecule has 0 bridgehead atoms. The van der Waals surface area contributed by atoms with Crippen LogP contribution in [0.15, 0.2) is 121 Å². The van der Waals surface area contributed by atoms with Crippen LogP contribution in [0.4, 0.5) is 0 Å². The molecule has 0 spiro atoms. The highest BCUT2D eigenvalue weighted by Crippen LogP contribution is 2.44. The van der Waals surface area contributed by atoms with E-state index in [4.69, 9.17) is 4.74 Å². The van der Waals surface area contributed by atoms with Crippen molar-refractivity contribution in [3.8, 4) is 0 Å². The number of unbranched alkanes of at least 4 members (excludes halogenated alkanes) is 2. The zero-order valence-corrected chi connectivity index (χ0v) is 19.4. The van der Waals surface area contributed by atoms with Gasteiger partial charge in [0, 0.05) is 6.61 Å². The summed E-state index contributed by atoms with van der Waals surface area (Å²) < 4.78 is 5.90. The van der Waals surface area contributed by atoms with E-state index in [0.717, 1.165) is 25.9 Å². The molecule has 4 rings (SSSR count). The molecule has 0 saturated heterocycles. The lowest BCUT2D eigenvalue weighted by Crippen LogP contribution is -2.27. The lowest BCUT2D eigenvalue weighted by atomic mass is 10.2. The van der Waals surface area contributed by atoms with Crippen LogP contribution in [0.1, 0.15) is 24.8 Å². The van der Waals surface area contributed by atoms with Crippen LogP contribution in [0.2, 0.25) is 0 Å². The van der Waals surface area contributed by atoms with E-state index < -0.39 is 6.89 Å². The summed E-state index contributed by atoms with van der Waals surface area (Å²) >= 11 is 0. The molecule has 4 aromatic carbocycles. The summed E-state index contributed by atoms with van der Waals surface area (Å²) in [5, 5.41) is 4.24. The molecule has 0 radical (unpaired) electrons. The van der Waals surface area contributed by atoms with Crippen molar-refractivity contribution in [1.82, 2.24) is 0 Å². The zero-order chi connectivity index (χ0) is 21.9. The molecular formula is C30H31OP. The second kappa shape index (κ2) is 11.7. The highest BCUT2D eigenvalue weighted by Gasteiger charge is 2.24. The van der Waals surface area contributed by atoms with Crippen molar-refractivity contribution >= 4 is 28.6 Å². The first-order valence-corrected chi connectivity index (χ1v) is 13.3. The topological polar surface area (TPSA) is 9.23 Å².